The van der Waals surface area contributed by atoms with Crippen LogP contribution in [0.1, 0.15) is 80.9 Å². The van der Waals surface area contributed by atoms with E-state index < -0.39 is 17.9 Å². The number of fused-ring (bicyclic) bond motifs is 3. The van der Waals surface area contributed by atoms with Crippen LogP contribution < -0.4 is 4.74 Å². The molecule has 0 saturated carbocycles. The summed E-state index contributed by atoms with van der Waals surface area (Å²) in [6.07, 6.45) is 4.68. The summed E-state index contributed by atoms with van der Waals surface area (Å²) in [6.45, 7) is 7.76. The summed E-state index contributed by atoms with van der Waals surface area (Å²) >= 11 is 0. The van der Waals surface area contributed by atoms with Crippen molar-refractivity contribution in [2.45, 2.75) is 77.7 Å². The van der Waals surface area contributed by atoms with Crippen molar-refractivity contribution in [3.8, 4) is 11.5 Å². The van der Waals surface area contributed by atoms with E-state index in [9.17, 15) is 6.48 Å². The average molecular weight is 317 g/mol. The number of benzene rings is 1. The van der Waals surface area contributed by atoms with E-state index in [4.69, 9.17) is 7.48 Å². The van der Waals surface area contributed by atoms with Crippen molar-refractivity contribution in [2.24, 2.45) is 5.92 Å². The predicted octanol–water partition coefficient (Wildman–Crippen LogP) is 5.74. The highest BCUT2D eigenvalue weighted by molar-refractivity contribution is 5.53. The zero-order valence-corrected chi connectivity index (χ0v) is 14.7. The molecule has 0 spiro atoms. The molecule has 23 heavy (non-hydrogen) atoms. The van der Waals surface area contributed by atoms with Crippen LogP contribution >= 0.6 is 0 Å². The Morgan fingerprint density at radius 1 is 1.39 bits per heavy atom. The Morgan fingerprint density at radius 3 is 2.91 bits per heavy atom. The number of phenolic OH excluding ortho intramolecular Hbond substituents is 1. The molecule has 126 valence electrons. The van der Waals surface area contributed by atoms with Crippen molar-refractivity contribution < 1.29 is 14.0 Å². The fourth-order valence-electron chi connectivity index (χ4n) is 3.73. The van der Waals surface area contributed by atoms with Gasteiger partial charge < -0.3 is 9.84 Å². The first-order chi connectivity index (χ1) is 12.0. The van der Waals surface area contributed by atoms with Crippen LogP contribution in [0, 0.1) is 5.92 Å². The molecule has 2 nitrogen and oxygen atoms in total. The molecule has 0 bridgehead atoms. The maximum absolute atomic E-state index is 10.8. The minimum atomic E-state index is -1.46. The van der Waals surface area contributed by atoms with E-state index in [1.165, 1.54) is 0 Å². The second-order valence-corrected chi connectivity index (χ2v) is 7.37. The molecule has 0 aromatic heterocycles. The third kappa shape index (κ3) is 3.13. The number of hydrogen-bond acceptors (Lipinski definition) is 2. The number of rotatable bonds is 4. The summed E-state index contributed by atoms with van der Waals surface area (Å²) in [5.74, 6) is -0.896. The van der Waals surface area contributed by atoms with E-state index in [0.717, 1.165) is 31.2 Å². The molecule has 0 saturated heterocycles. The number of unbranched alkanes of at least 4 members (excludes halogenated alkanes) is 2. The molecule has 2 atom stereocenters. The molecule has 0 unspecified atom stereocenters. The van der Waals surface area contributed by atoms with Gasteiger partial charge in [0.25, 0.3) is 0 Å². The van der Waals surface area contributed by atoms with E-state index in [1.54, 1.807) is 19.1 Å². The minimum Gasteiger partial charge on any atom is -0.507 e. The van der Waals surface area contributed by atoms with Crippen LogP contribution in [-0.4, -0.2) is 10.7 Å². The Labute approximate surface area is 144 Å². The van der Waals surface area contributed by atoms with Crippen molar-refractivity contribution in [1.29, 1.82) is 0 Å². The van der Waals surface area contributed by atoms with Crippen LogP contribution in [-0.2, 0) is 6.42 Å². The van der Waals surface area contributed by atoms with Crippen LogP contribution in [0.4, 0.5) is 0 Å². The first-order valence-electron chi connectivity index (χ1n) is 10.3. The van der Waals surface area contributed by atoms with Crippen LogP contribution in [0.2, 0.25) is 0 Å². The largest absolute Gasteiger partial charge is 0.507 e. The molecule has 2 aliphatic rings. The lowest BCUT2D eigenvalue weighted by Gasteiger charge is -2.46. The quantitative estimate of drug-likeness (QED) is 0.567. The molecule has 1 aliphatic heterocycles. The molecule has 0 fully saturated rings. The lowest BCUT2D eigenvalue weighted by molar-refractivity contribution is 0.0107. The van der Waals surface area contributed by atoms with Gasteiger partial charge >= 0.3 is 0 Å². The van der Waals surface area contributed by atoms with Crippen molar-refractivity contribution in [2.75, 3.05) is 0 Å². The average Bonchev–Trinajstić information content (AvgIpc) is 2.49. The van der Waals surface area contributed by atoms with Crippen LogP contribution in [0.15, 0.2) is 23.8 Å². The first-order valence-corrected chi connectivity index (χ1v) is 8.76. The number of aromatic hydroxyl groups is 1. The number of aryl methyl sites for hydroxylation is 1. The Hall–Kier alpha value is -1.44. The molecule has 2 heteroatoms. The molecule has 1 heterocycles. The van der Waals surface area contributed by atoms with Gasteiger partial charge in [-0.25, -0.2) is 0 Å². The molecule has 1 aromatic rings. The summed E-state index contributed by atoms with van der Waals surface area (Å²) in [7, 11) is 0. The second kappa shape index (κ2) is 6.22. The lowest BCUT2D eigenvalue weighted by atomic mass is 9.68. The van der Waals surface area contributed by atoms with E-state index >= 15 is 0 Å². The van der Waals surface area contributed by atoms with Gasteiger partial charge in [0, 0.05) is 21.5 Å². The van der Waals surface area contributed by atoms with Gasteiger partial charge in [-0.1, -0.05) is 31.4 Å². The number of allylic oxidation sites excluding steroid dienone is 2. The van der Waals surface area contributed by atoms with Crippen LogP contribution in [0.3, 0.4) is 0 Å². The van der Waals surface area contributed by atoms with Crippen molar-refractivity contribution >= 4 is 0 Å². The van der Waals surface area contributed by atoms with Gasteiger partial charge in [-0.05, 0) is 64.1 Å². The topological polar surface area (TPSA) is 29.5 Å². The fourth-order valence-corrected chi connectivity index (χ4v) is 3.73. The summed E-state index contributed by atoms with van der Waals surface area (Å²) in [6, 6.07) is 3.72. The Balaban J connectivity index is 2.11. The number of ether oxygens (including phenoxy) is 1. The monoisotopic (exact) mass is 317 g/mol. The SMILES string of the molecule is [2H]C1([2H])C[C@H]2C(C)(C)Oc3cc(CCCCC)cc(O)c3[C@]2([2H])C=C1C. The standard InChI is InChI=1S/C21H30O2/c1-5-6-7-8-15-12-18(22)20-16-11-14(2)9-10-17(16)21(3,4)23-19(20)13-15/h11-13,16-17,22H,5-10H2,1-4H3/t16-,17-/m1/s1/i9D2,16D. The van der Waals surface area contributed by atoms with E-state index in [0.29, 0.717) is 16.9 Å². The normalized spacial score (nSPS) is 32.4. The molecular formula is C21H30O2. The van der Waals surface area contributed by atoms with Gasteiger partial charge in [-0.2, -0.15) is 0 Å². The predicted molar refractivity (Wildman–Crippen MR) is 95.3 cm³/mol. The van der Waals surface area contributed by atoms with E-state index in [1.807, 2.05) is 19.9 Å². The third-order valence-electron chi connectivity index (χ3n) is 5.04. The summed E-state index contributed by atoms with van der Waals surface area (Å²) in [5, 5.41) is 10.8. The number of hydrogen-bond donors (Lipinski definition) is 1. The van der Waals surface area contributed by atoms with Crippen LogP contribution in [0.25, 0.3) is 0 Å². The highest BCUT2D eigenvalue weighted by Gasteiger charge is 2.45. The Bertz CT molecular complexity index is 739. The summed E-state index contributed by atoms with van der Waals surface area (Å²) < 4.78 is 32.0. The van der Waals surface area contributed by atoms with Crippen molar-refractivity contribution in [3.63, 3.8) is 0 Å². The van der Waals surface area contributed by atoms with Gasteiger partial charge in [0.1, 0.15) is 17.1 Å². The molecule has 0 amide bonds. The maximum Gasteiger partial charge on any atom is 0.127 e. The zero-order chi connectivity index (χ0) is 19.3. The van der Waals surface area contributed by atoms with Gasteiger partial charge in [-0.3, -0.25) is 0 Å². The molecule has 1 aromatic carbocycles. The Kier molecular flexibility index (Phi) is 3.49. The van der Waals surface area contributed by atoms with Gasteiger partial charge in [0.15, 0.2) is 0 Å². The third-order valence-corrected chi connectivity index (χ3v) is 5.04. The van der Waals surface area contributed by atoms with Crippen LogP contribution in [0.5, 0.6) is 11.5 Å². The molecule has 1 aliphatic carbocycles. The van der Waals surface area contributed by atoms with E-state index in [2.05, 4.69) is 6.92 Å². The summed E-state index contributed by atoms with van der Waals surface area (Å²) in [4.78, 5) is 0. The van der Waals surface area contributed by atoms with Crippen molar-refractivity contribution in [1.82, 2.24) is 0 Å². The molecule has 3 rings (SSSR count). The number of phenols is 1. The van der Waals surface area contributed by atoms with Gasteiger partial charge in [0.05, 0.1) is 0 Å². The van der Waals surface area contributed by atoms with Crippen molar-refractivity contribution in [3.05, 3.63) is 34.9 Å². The highest BCUT2D eigenvalue weighted by atomic mass is 16.5. The maximum atomic E-state index is 10.8. The first kappa shape index (κ1) is 12.9. The molecule has 0 radical (unpaired) electrons. The Morgan fingerprint density at radius 2 is 2.17 bits per heavy atom. The smallest absolute Gasteiger partial charge is 0.127 e. The molecular weight excluding hydrogens is 284 g/mol. The zero-order valence-electron chi connectivity index (χ0n) is 17.7. The fraction of sp³-hybridized carbons (Fsp3) is 0.619. The van der Waals surface area contributed by atoms with Gasteiger partial charge in [-0.15, -0.1) is 0 Å². The molecule has 1 N–H and O–H groups in total. The van der Waals surface area contributed by atoms with E-state index in [-0.39, 0.29) is 18.1 Å². The van der Waals surface area contributed by atoms with Gasteiger partial charge in [0.2, 0.25) is 0 Å². The minimum absolute atomic E-state index is 0.0935. The highest BCUT2D eigenvalue weighted by Crippen LogP contribution is 2.53. The summed E-state index contributed by atoms with van der Waals surface area (Å²) in [5.41, 5.74) is 1.38. The second-order valence-electron chi connectivity index (χ2n) is 7.37. The lowest BCUT2D eigenvalue weighted by Crippen LogP contribution is -2.45.